The van der Waals surface area contributed by atoms with Crippen molar-refractivity contribution in [3.63, 3.8) is 0 Å². The Balaban J connectivity index is 1.67. The van der Waals surface area contributed by atoms with Crippen molar-refractivity contribution in [2.24, 2.45) is 0 Å². The summed E-state index contributed by atoms with van der Waals surface area (Å²) in [5.41, 5.74) is 1.04. The van der Waals surface area contributed by atoms with Crippen LogP contribution in [0.2, 0.25) is 0 Å². The molecule has 3 atom stereocenters. The molecule has 0 bridgehead atoms. The Labute approximate surface area is 138 Å². The molecule has 2 aliphatic rings. The second-order valence-electron chi connectivity index (χ2n) is 6.60. The van der Waals surface area contributed by atoms with Gasteiger partial charge in [-0.15, -0.1) is 0 Å². The molecule has 1 saturated carbocycles. The number of nitrogens with zero attached hydrogens (tertiary/aromatic N) is 1. The summed E-state index contributed by atoms with van der Waals surface area (Å²) in [5.74, 6) is 0.893. The van der Waals surface area contributed by atoms with Crippen molar-refractivity contribution in [3.05, 3.63) is 35.9 Å². The molecule has 0 aromatic heterocycles. The van der Waals surface area contributed by atoms with E-state index in [2.05, 4.69) is 23.1 Å². The SMILES string of the molecule is COc1ccccc1/C=C/CN1CC[C@]2(OC)CC[C@@H](O)C[C@H]12. The van der Waals surface area contributed by atoms with Gasteiger partial charge in [0.25, 0.3) is 0 Å². The van der Waals surface area contributed by atoms with E-state index in [1.165, 1.54) is 0 Å². The third kappa shape index (κ3) is 3.30. The Morgan fingerprint density at radius 3 is 2.91 bits per heavy atom. The number of benzene rings is 1. The van der Waals surface area contributed by atoms with E-state index in [1.807, 2.05) is 25.3 Å². The first kappa shape index (κ1) is 16.5. The van der Waals surface area contributed by atoms with Crippen LogP contribution in [-0.2, 0) is 4.74 Å². The van der Waals surface area contributed by atoms with Crippen LogP contribution in [0, 0.1) is 0 Å². The minimum atomic E-state index is -0.193. The molecule has 4 nitrogen and oxygen atoms in total. The van der Waals surface area contributed by atoms with Gasteiger partial charge in [0.2, 0.25) is 0 Å². The molecule has 4 heteroatoms. The molecule has 1 N–H and O–H groups in total. The molecule has 0 spiro atoms. The van der Waals surface area contributed by atoms with Gasteiger partial charge in [0.15, 0.2) is 0 Å². The number of ether oxygens (including phenoxy) is 2. The van der Waals surface area contributed by atoms with Crippen molar-refractivity contribution in [1.29, 1.82) is 0 Å². The number of fused-ring (bicyclic) bond motifs is 1. The summed E-state index contributed by atoms with van der Waals surface area (Å²) < 4.78 is 11.3. The average molecular weight is 317 g/mol. The third-order valence-corrected chi connectivity index (χ3v) is 5.45. The van der Waals surface area contributed by atoms with Gasteiger partial charge in [-0.25, -0.2) is 0 Å². The lowest BCUT2D eigenvalue weighted by atomic mass is 9.79. The van der Waals surface area contributed by atoms with Crippen LogP contribution in [0.15, 0.2) is 30.3 Å². The molecule has 0 amide bonds. The predicted molar refractivity (Wildman–Crippen MR) is 91.6 cm³/mol. The van der Waals surface area contributed by atoms with Gasteiger partial charge in [-0.2, -0.15) is 0 Å². The highest BCUT2D eigenvalue weighted by Gasteiger charge is 2.50. The molecule has 1 aliphatic heterocycles. The Bertz CT molecular complexity index is 559. The molecule has 0 unspecified atom stereocenters. The van der Waals surface area contributed by atoms with Crippen LogP contribution >= 0.6 is 0 Å². The fourth-order valence-corrected chi connectivity index (χ4v) is 4.11. The summed E-state index contributed by atoms with van der Waals surface area (Å²) in [6.07, 6.45) is 7.80. The van der Waals surface area contributed by atoms with Crippen molar-refractivity contribution >= 4 is 6.08 Å². The van der Waals surface area contributed by atoms with Crippen LogP contribution in [0.5, 0.6) is 5.75 Å². The van der Waals surface area contributed by atoms with Gasteiger partial charge in [-0.3, -0.25) is 4.90 Å². The lowest BCUT2D eigenvalue weighted by molar-refractivity contribution is -0.0854. The monoisotopic (exact) mass is 317 g/mol. The van der Waals surface area contributed by atoms with Gasteiger partial charge in [-0.1, -0.05) is 30.4 Å². The molecule has 1 aliphatic carbocycles. The molecule has 126 valence electrons. The van der Waals surface area contributed by atoms with Gasteiger partial charge in [0.1, 0.15) is 5.75 Å². The second kappa shape index (κ2) is 7.04. The predicted octanol–water partition coefficient (Wildman–Crippen LogP) is 2.71. The van der Waals surface area contributed by atoms with Crippen molar-refractivity contribution in [1.82, 2.24) is 4.90 Å². The normalized spacial score (nSPS) is 31.4. The van der Waals surface area contributed by atoms with Gasteiger partial charge in [-0.05, 0) is 31.7 Å². The van der Waals surface area contributed by atoms with Crippen LogP contribution in [0.1, 0.15) is 31.2 Å². The molecule has 1 saturated heterocycles. The van der Waals surface area contributed by atoms with Crippen LogP contribution in [-0.4, -0.2) is 55.1 Å². The highest BCUT2D eigenvalue weighted by atomic mass is 16.5. The van der Waals surface area contributed by atoms with Crippen molar-refractivity contribution in [2.75, 3.05) is 27.3 Å². The van der Waals surface area contributed by atoms with Crippen LogP contribution in [0.4, 0.5) is 0 Å². The van der Waals surface area contributed by atoms with E-state index >= 15 is 0 Å². The van der Waals surface area contributed by atoms with Gasteiger partial charge < -0.3 is 14.6 Å². The van der Waals surface area contributed by atoms with E-state index in [1.54, 1.807) is 7.11 Å². The Morgan fingerprint density at radius 1 is 1.30 bits per heavy atom. The first-order chi connectivity index (χ1) is 11.2. The van der Waals surface area contributed by atoms with Gasteiger partial charge in [0.05, 0.1) is 18.8 Å². The van der Waals surface area contributed by atoms with E-state index in [-0.39, 0.29) is 11.7 Å². The standard InChI is InChI=1S/C19H27NO3/c1-22-17-8-4-3-6-15(17)7-5-12-20-13-11-19(23-2)10-9-16(21)14-18(19)20/h3-8,16,18,21H,9-14H2,1-2H3/b7-5+/t16-,18+,19-/m1/s1. The highest BCUT2D eigenvalue weighted by molar-refractivity contribution is 5.57. The number of para-hydroxylation sites is 1. The van der Waals surface area contributed by atoms with Crippen molar-refractivity contribution in [3.8, 4) is 5.75 Å². The van der Waals surface area contributed by atoms with Gasteiger partial charge >= 0.3 is 0 Å². The maximum absolute atomic E-state index is 10.0. The minimum Gasteiger partial charge on any atom is -0.496 e. The second-order valence-corrected chi connectivity index (χ2v) is 6.60. The Morgan fingerprint density at radius 2 is 2.13 bits per heavy atom. The van der Waals surface area contributed by atoms with Gasteiger partial charge in [0, 0.05) is 31.8 Å². The van der Waals surface area contributed by atoms with E-state index in [9.17, 15) is 5.11 Å². The maximum Gasteiger partial charge on any atom is 0.126 e. The number of hydrogen-bond donors (Lipinski definition) is 1. The largest absolute Gasteiger partial charge is 0.496 e. The molecule has 0 radical (unpaired) electrons. The lowest BCUT2D eigenvalue weighted by Crippen LogP contribution is -2.51. The molecular weight excluding hydrogens is 290 g/mol. The average Bonchev–Trinajstić information content (AvgIpc) is 2.94. The molecule has 3 rings (SSSR count). The summed E-state index contributed by atoms with van der Waals surface area (Å²) in [7, 11) is 3.52. The molecule has 2 fully saturated rings. The number of aliphatic hydroxyl groups is 1. The van der Waals surface area contributed by atoms with Crippen molar-refractivity contribution < 1.29 is 14.6 Å². The quantitative estimate of drug-likeness (QED) is 0.907. The first-order valence-electron chi connectivity index (χ1n) is 8.45. The molecule has 1 heterocycles. The number of methoxy groups -OCH3 is 2. The first-order valence-corrected chi connectivity index (χ1v) is 8.45. The summed E-state index contributed by atoms with van der Waals surface area (Å²) >= 11 is 0. The zero-order chi connectivity index (χ0) is 16.3. The van der Waals surface area contributed by atoms with E-state index in [4.69, 9.17) is 9.47 Å². The number of rotatable bonds is 5. The molecule has 1 aromatic carbocycles. The summed E-state index contributed by atoms with van der Waals surface area (Å²) in [6, 6.07) is 8.35. The highest BCUT2D eigenvalue weighted by Crippen LogP contribution is 2.42. The molecule has 23 heavy (non-hydrogen) atoms. The maximum atomic E-state index is 10.0. The lowest BCUT2D eigenvalue weighted by Gasteiger charge is -2.42. The summed E-state index contributed by atoms with van der Waals surface area (Å²) in [4.78, 5) is 2.44. The smallest absolute Gasteiger partial charge is 0.126 e. The number of likely N-dealkylation sites (tertiary alicyclic amines) is 1. The Hall–Kier alpha value is -1.36. The van der Waals surface area contributed by atoms with E-state index in [0.717, 1.165) is 50.1 Å². The van der Waals surface area contributed by atoms with E-state index < -0.39 is 0 Å². The van der Waals surface area contributed by atoms with Crippen LogP contribution in [0.25, 0.3) is 6.08 Å². The van der Waals surface area contributed by atoms with Crippen LogP contribution < -0.4 is 4.74 Å². The minimum absolute atomic E-state index is 0.0580. The van der Waals surface area contributed by atoms with E-state index in [0.29, 0.717) is 6.04 Å². The third-order valence-electron chi connectivity index (χ3n) is 5.45. The fourth-order valence-electron chi connectivity index (χ4n) is 4.11. The summed E-state index contributed by atoms with van der Waals surface area (Å²) in [5, 5.41) is 10.0. The molecular formula is C19H27NO3. The van der Waals surface area contributed by atoms with Crippen molar-refractivity contribution in [2.45, 2.75) is 43.4 Å². The fraction of sp³-hybridized carbons (Fsp3) is 0.579. The zero-order valence-corrected chi connectivity index (χ0v) is 14.1. The summed E-state index contributed by atoms with van der Waals surface area (Å²) in [6.45, 7) is 1.90. The zero-order valence-electron chi connectivity index (χ0n) is 14.1. The Kier molecular flexibility index (Phi) is 5.05. The molecule has 1 aromatic rings. The number of aliphatic hydroxyl groups excluding tert-OH is 1. The van der Waals surface area contributed by atoms with Crippen LogP contribution in [0.3, 0.4) is 0 Å². The topological polar surface area (TPSA) is 41.9 Å². The number of hydrogen-bond acceptors (Lipinski definition) is 4.